The average molecular weight is 557 g/mol. The van der Waals surface area contributed by atoms with Crippen molar-refractivity contribution in [1.82, 2.24) is 9.80 Å². The zero-order chi connectivity index (χ0) is 21.7. The van der Waals surface area contributed by atoms with Crippen LogP contribution in [0.5, 0.6) is 0 Å². The first-order chi connectivity index (χ1) is 15.0. The molecule has 3 heterocycles. The summed E-state index contributed by atoms with van der Waals surface area (Å²) in [6, 6.07) is 21.2. The molecule has 2 aliphatic rings. The Labute approximate surface area is 197 Å². The molecule has 5 nitrogen and oxygen atoms in total. The van der Waals surface area contributed by atoms with E-state index < -0.39 is 0 Å². The summed E-state index contributed by atoms with van der Waals surface area (Å²) in [4.78, 5) is 30.4. The number of rotatable bonds is 2. The SMILES string of the molecule is CN1C(=O)C(=Cc2ccc(N3c4ccccc4[Se]c4ccccc43)[se]2)C(=O)N(C)C1=S. The third kappa shape index (κ3) is 3.41. The van der Waals surface area contributed by atoms with Crippen LogP contribution < -0.4 is 13.8 Å². The summed E-state index contributed by atoms with van der Waals surface area (Å²) < 4.78 is 4.88. The zero-order valence-electron chi connectivity index (χ0n) is 16.7. The number of nitrogens with zero attached hydrogens (tertiary/aromatic N) is 3. The number of hydrogen-bond donors (Lipinski definition) is 0. The third-order valence-corrected chi connectivity index (χ3v) is 10.2. The molecule has 1 fully saturated rings. The second-order valence-electron chi connectivity index (χ2n) is 7.12. The predicted molar refractivity (Wildman–Crippen MR) is 129 cm³/mol. The summed E-state index contributed by atoms with van der Waals surface area (Å²) in [6.45, 7) is 0. The van der Waals surface area contributed by atoms with Gasteiger partial charge in [-0.1, -0.05) is 0 Å². The summed E-state index contributed by atoms with van der Waals surface area (Å²) in [7, 11) is 3.20. The van der Waals surface area contributed by atoms with E-state index in [1.54, 1.807) is 20.2 Å². The molecule has 2 amide bonds. The van der Waals surface area contributed by atoms with Gasteiger partial charge in [0.1, 0.15) is 0 Å². The van der Waals surface area contributed by atoms with Crippen molar-refractivity contribution >= 4 is 89.5 Å². The van der Waals surface area contributed by atoms with E-state index in [0.717, 1.165) is 4.44 Å². The Morgan fingerprint density at radius 2 is 1.35 bits per heavy atom. The number of fused-ring (bicyclic) bond motifs is 2. The predicted octanol–water partition coefficient (Wildman–Crippen LogP) is 1.78. The van der Waals surface area contributed by atoms with Crippen molar-refractivity contribution in [3.05, 3.63) is 70.7 Å². The minimum atomic E-state index is -0.352. The molecule has 154 valence electrons. The van der Waals surface area contributed by atoms with Crippen molar-refractivity contribution in [2.75, 3.05) is 19.0 Å². The number of carbonyl (C=O) groups is 2. The number of hydrogen-bond acceptors (Lipinski definition) is 4. The van der Waals surface area contributed by atoms with E-state index in [4.69, 9.17) is 12.2 Å². The normalized spacial score (nSPS) is 15.9. The maximum absolute atomic E-state index is 12.7. The number of likely N-dealkylation sites (N-methyl/N-ethyl adjacent to an activating group) is 2. The molecule has 0 bridgehead atoms. The Balaban J connectivity index is 1.57. The van der Waals surface area contributed by atoms with E-state index in [1.165, 1.54) is 34.7 Å². The number of thiocarbonyl (C=S) groups is 1. The van der Waals surface area contributed by atoms with E-state index >= 15 is 0 Å². The Morgan fingerprint density at radius 3 is 1.94 bits per heavy atom. The van der Waals surface area contributed by atoms with Crippen LogP contribution >= 0.6 is 12.2 Å². The van der Waals surface area contributed by atoms with E-state index in [2.05, 4.69) is 59.5 Å². The van der Waals surface area contributed by atoms with Gasteiger partial charge in [0.05, 0.1) is 0 Å². The van der Waals surface area contributed by atoms with Crippen LogP contribution in [0, 0.1) is 0 Å². The third-order valence-electron chi connectivity index (χ3n) is 5.20. The van der Waals surface area contributed by atoms with Gasteiger partial charge < -0.3 is 0 Å². The Hall–Kier alpha value is -2.47. The summed E-state index contributed by atoms with van der Waals surface area (Å²) in [6.07, 6.45) is 1.73. The first-order valence-corrected chi connectivity index (χ1v) is 13.4. The standard InChI is InChI=1S/C23H17N3O2SSe2/c1-24-21(27)15(22(28)25(2)23(24)29)13-14-11-12-20(30-14)26-16-7-3-5-9-18(16)31-19-10-6-4-8-17(19)26/h3-13H,1-2H3. The fourth-order valence-electron chi connectivity index (χ4n) is 3.60. The van der Waals surface area contributed by atoms with Gasteiger partial charge in [-0.15, -0.1) is 0 Å². The number of amides is 2. The van der Waals surface area contributed by atoms with Gasteiger partial charge >= 0.3 is 199 Å². The molecule has 0 unspecified atom stereocenters. The van der Waals surface area contributed by atoms with Crippen molar-refractivity contribution in [3.8, 4) is 0 Å². The van der Waals surface area contributed by atoms with Gasteiger partial charge in [-0.05, 0) is 0 Å². The van der Waals surface area contributed by atoms with E-state index in [-0.39, 0.29) is 52.0 Å². The van der Waals surface area contributed by atoms with Crippen LogP contribution in [0.1, 0.15) is 4.44 Å². The average Bonchev–Trinajstić information content (AvgIpc) is 3.25. The van der Waals surface area contributed by atoms with Crippen LogP contribution in [-0.4, -0.2) is 70.3 Å². The monoisotopic (exact) mass is 559 g/mol. The summed E-state index contributed by atoms with van der Waals surface area (Å²) >= 11 is 5.39. The van der Waals surface area contributed by atoms with Gasteiger partial charge in [-0.3, -0.25) is 0 Å². The fourth-order valence-corrected chi connectivity index (χ4v) is 8.04. The van der Waals surface area contributed by atoms with E-state index in [1.807, 2.05) is 6.07 Å². The van der Waals surface area contributed by atoms with Crippen molar-refractivity contribution in [1.29, 1.82) is 0 Å². The number of carbonyl (C=O) groups excluding carboxylic acids is 2. The van der Waals surface area contributed by atoms with Crippen molar-refractivity contribution in [2.45, 2.75) is 0 Å². The second kappa shape index (κ2) is 7.90. The topological polar surface area (TPSA) is 43.9 Å². The maximum atomic E-state index is 12.7. The fraction of sp³-hybridized carbons (Fsp3) is 0.0870. The minimum absolute atomic E-state index is 0.0484. The number of benzene rings is 2. The van der Waals surface area contributed by atoms with Gasteiger partial charge in [0.25, 0.3) is 0 Å². The molecule has 5 rings (SSSR count). The van der Waals surface area contributed by atoms with Gasteiger partial charge in [0.15, 0.2) is 0 Å². The second-order valence-corrected chi connectivity index (χ2v) is 12.1. The molecule has 1 saturated heterocycles. The zero-order valence-corrected chi connectivity index (χ0v) is 21.0. The Kier molecular flexibility index (Phi) is 5.21. The molecule has 0 N–H and O–H groups in total. The molecule has 1 aromatic heterocycles. The van der Waals surface area contributed by atoms with Crippen LogP contribution in [0.15, 0.2) is 66.2 Å². The quantitative estimate of drug-likeness (QED) is 0.163. The van der Waals surface area contributed by atoms with Gasteiger partial charge in [-0.2, -0.15) is 0 Å². The first-order valence-electron chi connectivity index (χ1n) is 9.53. The first kappa shape index (κ1) is 20.4. The van der Waals surface area contributed by atoms with Crippen LogP contribution in [-0.2, 0) is 9.59 Å². The van der Waals surface area contributed by atoms with Gasteiger partial charge in [-0.25, -0.2) is 0 Å². The molecule has 2 aromatic carbocycles. The Bertz CT molecular complexity index is 1210. The molecule has 8 heteroatoms. The summed E-state index contributed by atoms with van der Waals surface area (Å²) in [5, 5.41) is 0.222. The van der Waals surface area contributed by atoms with E-state index in [0.29, 0.717) is 0 Å². The van der Waals surface area contributed by atoms with Gasteiger partial charge in [0.2, 0.25) is 0 Å². The number of para-hydroxylation sites is 2. The molecule has 0 saturated carbocycles. The van der Waals surface area contributed by atoms with Crippen LogP contribution in [0.3, 0.4) is 0 Å². The number of anilines is 3. The molecule has 0 spiro atoms. The van der Waals surface area contributed by atoms with Crippen LogP contribution in [0.25, 0.3) is 6.08 Å². The van der Waals surface area contributed by atoms with Crippen LogP contribution in [0.4, 0.5) is 15.9 Å². The van der Waals surface area contributed by atoms with Gasteiger partial charge in [0, 0.05) is 0 Å². The molecule has 0 radical (unpaired) electrons. The van der Waals surface area contributed by atoms with Crippen molar-refractivity contribution in [3.63, 3.8) is 0 Å². The molecule has 2 aliphatic heterocycles. The van der Waals surface area contributed by atoms with Crippen molar-refractivity contribution < 1.29 is 9.59 Å². The van der Waals surface area contributed by atoms with Crippen LogP contribution in [0.2, 0.25) is 0 Å². The molecule has 0 atom stereocenters. The molecule has 3 aromatic rings. The molecular weight excluding hydrogens is 540 g/mol. The van der Waals surface area contributed by atoms with Crippen molar-refractivity contribution in [2.24, 2.45) is 0 Å². The molecule has 31 heavy (non-hydrogen) atoms. The Morgan fingerprint density at radius 1 is 0.806 bits per heavy atom. The van der Waals surface area contributed by atoms with E-state index in [9.17, 15) is 9.59 Å². The summed E-state index contributed by atoms with van der Waals surface area (Å²) in [5.41, 5.74) is 2.58. The molecule has 0 aliphatic carbocycles. The molecular formula is C23H17N3O2SSe2. The summed E-state index contributed by atoms with van der Waals surface area (Å²) in [5.74, 6) is -0.704.